The Morgan fingerprint density at radius 2 is 1.48 bits per heavy atom. The standard InChI is InChI=1S/C36H36FN3O6/c1-5-45-32(41)20-31(35(43)46-21-25-10-7-6-8-11-25)38-34(42)29-15-14-27(26-12-9-13-28(37)18-26)19-30(29)39-36(44)40-33-23(3)16-22(2)17-24(33)4/h6-19,31H,5,20-21H2,1-4H3,(H,38,42)(H2,39,40,44)/t31-/m0/s1. The van der Waals surface area contributed by atoms with Crippen molar-refractivity contribution in [3.05, 3.63) is 119 Å². The Morgan fingerprint density at radius 3 is 2.15 bits per heavy atom. The molecule has 4 aromatic rings. The molecule has 9 nitrogen and oxygen atoms in total. The van der Waals surface area contributed by atoms with Crippen LogP contribution in [0.15, 0.2) is 84.9 Å². The van der Waals surface area contributed by atoms with Crippen LogP contribution < -0.4 is 16.0 Å². The average Bonchev–Trinajstić information content (AvgIpc) is 3.02. The maximum Gasteiger partial charge on any atom is 0.329 e. The first-order chi connectivity index (χ1) is 22.0. The minimum atomic E-state index is -1.38. The number of hydrogen-bond acceptors (Lipinski definition) is 6. The number of ether oxygens (including phenoxy) is 2. The Labute approximate surface area is 267 Å². The smallest absolute Gasteiger partial charge is 0.329 e. The fraction of sp³-hybridized carbons (Fsp3) is 0.222. The summed E-state index contributed by atoms with van der Waals surface area (Å²) in [6.07, 6.45) is -0.468. The lowest BCUT2D eigenvalue weighted by atomic mass is 10.0. The third-order valence-corrected chi connectivity index (χ3v) is 7.08. The number of aryl methyl sites for hydroxylation is 3. The number of esters is 2. The van der Waals surface area contributed by atoms with E-state index in [0.29, 0.717) is 16.8 Å². The van der Waals surface area contributed by atoms with E-state index in [9.17, 15) is 23.6 Å². The number of anilines is 2. The maximum atomic E-state index is 14.0. The van der Waals surface area contributed by atoms with Crippen molar-refractivity contribution in [2.24, 2.45) is 0 Å². The monoisotopic (exact) mass is 625 g/mol. The van der Waals surface area contributed by atoms with Gasteiger partial charge in [-0.3, -0.25) is 9.59 Å². The number of urea groups is 1. The molecule has 4 rings (SSSR count). The molecule has 0 aliphatic rings. The van der Waals surface area contributed by atoms with Crippen LogP contribution in [0.5, 0.6) is 0 Å². The van der Waals surface area contributed by atoms with Gasteiger partial charge in [0.1, 0.15) is 18.5 Å². The zero-order valence-electron chi connectivity index (χ0n) is 26.1. The molecule has 0 bridgehead atoms. The quantitative estimate of drug-likeness (QED) is 0.157. The van der Waals surface area contributed by atoms with Crippen LogP contribution in [0.2, 0.25) is 0 Å². The zero-order chi connectivity index (χ0) is 33.2. The number of halogens is 1. The van der Waals surface area contributed by atoms with Gasteiger partial charge in [-0.25, -0.2) is 14.0 Å². The normalized spacial score (nSPS) is 11.2. The second kappa shape index (κ2) is 15.5. The van der Waals surface area contributed by atoms with Crippen LogP contribution in [0.25, 0.3) is 11.1 Å². The Kier molecular flexibility index (Phi) is 11.2. The SMILES string of the molecule is CCOC(=O)C[C@H](NC(=O)c1ccc(-c2cccc(F)c2)cc1NC(=O)Nc1c(C)cc(C)cc1C)C(=O)OCc1ccccc1. The molecule has 46 heavy (non-hydrogen) atoms. The topological polar surface area (TPSA) is 123 Å². The van der Waals surface area contributed by atoms with Gasteiger partial charge >= 0.3 is 18.0 Å². The molecule has 3 amide bonds. The van der Waals surface area contributed by atoms with Crippen molar-refractivity contribution in [3.63, 3.8) is 0 Å². The van der Waals surface area contributed by atoms with Gasteiger partial charge in [0.05, 0.1) is 24.3 Å². The van der Waals surface area contributed by atoms with E-state index in [1.54, 1.807) is 49.4 Å². The molecule has 0 spiro atoms. The number of amides is 3. The summed E-state index contributed by atoms with van der Waals surface area (Å²) >= 11 is 0. The molecule has 0 saturated heterocycles. The number of hydrogen-bond donors (Lipinski definition) is 3. The largest absolute Gasteiger partial charge is 0.466 e. The van der Waals surface area contributed by atoms with Crippen LogP contribution in [0.3, 0.4) is 0 Å². The molecule has 238 valence electrons. The van der Waals surface area contributed by atoms with Crippen molar-refractivity contribution in [1.29, 1.82) is 0 Å². The number of carbonyl (C=O) groups is 4. The predicted octanol–water partition coefficient (Wildman–Crippen LogP) is 6.86. The molecule has 0 aliphatic heterocycles. The van der Waals surface area contributed by atoms with E-state index in [2.05, 4.69) is 16.0 Å². The summed E-state index contributed by atoms with van der Waals surface area (Å²) in [6, 6.07) is 21.3. The molecule has 0 saturated carbocycles. The first-order valence-corrected chi connectivity index (χ1v) is 14.8. The number of rotatable bonds is 11. The van der Waals surface area contributed by atoms with E-state index in [-0.39, 0.29) is 24.5 Å². The first kappa shape index (κ1) is 33.4. The summed E-state index contributed by atoms with van der Waals surface area (Å²) in [6.45, 7) is 7.35. The van der Waals surface area contributed by atoms with Crippen molar-refractivity contribution >= 4 is 35.3 Å². The van der Waals surface area contributed by atoms with Crippen LogP contribution >= 0.6 is 0 Å². The second-order valence-corrected chi connectivity index (χ2v) is 10.8. The van der Waals surface area contributed by atoms with Crippen molar-refractivity contribution in [2.45, 2.75) is 46.8 Å². The lowest BCUT2D eigenvalue weighted by Gasteiger charge is -2.19. The van der Waals surface area contributed by atoms with Crippen molar-refractivity contribution < 1.29 is 33.0 Å². The molecular weight excluding hydrogens is 589 g/mol. The predicted molar refractivity (Wildman–Crippen MR) is 174 cm³/mol. The molecule has 0 unspecified atom stereocenters. The van der Waals surface area contributed by atoms with E-state index >= 15 is 0 Å². The van der Waals surface area contributed by atoms with Gasteiger partial charge in [-0.05, 0) is 79.8 Å². The van der Waals surface area contributed by atoms with Gasteiger partial charge in [-0.15, -0.1) is 0 Å². The molecule has 0 aromatic heterocycles. The summed E-state index contributed by atoms with van der Waals surface area (Å²) in [5.41, 5.74) is 5.23. The summed E-state index contributed by atoms with van der Waals surface area (Å²) < 4.78 is 24.5. The van der Waals surface area contributed by atoms with Crippen molar-refractivity contribution in [3.8, 4) is 11.1 Å². The van der Waals surface area contributed by atoms with Gasteiger partial charge in [0.2, 0.25) is 0 Å². The molecular formula is C36H36FN3O6. The van der Waals surface area contributed by atoms with Crippen molar-refractivity contribution in [2.75, 3.05) is 17.2 Å². The number of carbonyl (C=O) groups excluding carboxylic acids is 4. The molecule has 1 atom stereocenters. The highest BCUT2D eigenvalue weighted by Crippen LogP contribution is 2.28. The molecule has 10 heteroatoms. The first-order valence-electron chi connectivity index (χ1n) is 14.8. The second-order valence-electron chi connectivity index (χ2n) is 10.8. The Hall–Kier alpha value is -5.51. The molecule has 3 N–H and O–H groups in total. The average molecular weight is 626 g/mol. The Bertz CT molecular complexity index is 1720. The van der Waals surface area contributed by atoms with E-state index in [1.807, 2.05) is 39.0 Å². The maximum absolute atomic E-state index is 14.0. The van der Waals surface area contributed by atoms with Crippen LogP contribution in [0.1, 0.15) is 46.0 Å². The van der Waals surface area contributed by atoms with Gasteiger partial charge in [-0.1, -0.05) is 66.2 Å². The van der Waals surface area contributed by atoms with E-state index in [4.69, 9.17) is 9.47 Å². The van der Waals surface area contributed by atoms with Crippen molar-refractivity contribution in [1.82, 2.24) is 5.32 Å². The van der Waals surface area contributed by atoms with Gasteiger partial charge < -0.3 is 25.4 Å². The fourth-order valence-electron chi connectivity index (χ4n) is 4.98. The molecule has 0 aliphatic carbocycles. The van der Waals surface area contributed by atoms with Gasteiger partial charge in [0, 0.05) is 5.69 Å². The molecule has 4 aromatic carbocycles. The minimum Gasteiger partial charge on any atom is -0.466 e. The number of nitrogens with one attached hydrogen (secondary N) is 3. The highest BCUT2D eigenvalue weighted by Gasteiger charge is 2.28. The zero-order valence-corrected chi connectivity index (χ0v) is 26.1. The summed E-state index contributed by atoms with van der Waals surface area (Å²) in [5.74, 6) is -2.74. The van der Waals surface area contributed by atoms with Crippen LogP contribution in [0, 0.1) is 26.6 Å². The third kappa shape index (κ3) is 9.01. The minimum absolute atomic E-state index is 0.00243. The highest BCUT2D eigenvalue weighted by molar-refractivity contribution is 6.08. The van der Waals surface area contributed by atoms with E-state index < -0.39 is 42.2 Å². The summed E-state index contributed by atoms with van der Waals surface area (Å²) in [5, 5.41) is 8.14. The van der Waals surface area contributed by atoms with Gasteiger partial charge in [-0.2, -0.15) is 0 Å². The van der Waals surface area contributed by atoms with Crippen LogP contribution in [-0.2, 0) is 25.7 Å². The highest BCUT2D eigenvalue weighted by atomic mass is 19.1. The lowest BCUT2D eigenvalue weighted by Crippen LogP contribution is -2.43. The summed E-state index contributed by atoms with van der Waals surface area (Å²) in [4.78, 5) is 52.4. The Balaban J connectivity index is 1.63. The fourth-order valence-corrected chi connectivity index (χ4v) is 4.98. The molecule has 0 radical (unpaired) electrons. The Morgan fingerprint density at radius 1 is 0.783 bits per heavy atom. The van der Waals surface area contributed by atoms with E-state index in [1.165, 1.54) is 24.3 Å². The molecule has 0 fully saturated rings. The van der Waals surface area contributed by atoms with Gasteiger partial charge in [0.25, 0.3) is 5.91 Å². The van der Waals surface area contributed by atoms with Gasteiger partial charge in [0.15, 0.2) is 0 Å². The number of benzene rings is 4. The third-order valence-electron chi connectivity index (χ3n) is 7.08. The van der Waals surface area contributed by atoms with Crippen LogP contribution in [-0.4, -0.2) is 36.5 Å². The van der Waals surface area contributed by atoms with Crippen LogP contribution in [0.4, 0.5) is 20.6 Å². The van der Waals surface area contributed by atoms with E-state index in [0.717, 1.165) is 22.3 Å². The summed E-state index contributed by atoms with van der Waals surface area (Å²) in [7, 11) is 0. The lowest BCUT2D eigenvalue weighted by molar-refractivity contribution is -0.153. The molecule has 0 heterocycles.